The number of piperidine rings is 3. The molecule has 2 aromatic rings. The van der Waals surface area contributed by atoms with E-state index in [0.717, 1.165) is 55.4 Å². The van der Waals surface area contributed by atoms with Crippen LogP contribution in [0.25, 0.3) is 10.9 Å². The summed E-state index contributed by atoms with van der Waals surface area (Å²) in [5, 5.41) is 11.0. The molecule has 0 aliphatic carbocycles. The lowest BCUT2D eigenvalue weighted by Gasteiger charge is -2.51. The topological polar surface area (TPSA) is 45.6 Å². The van der Waals surface area contributed by atoms with E-state index in [1.165, 1.54) is 6.42 Å². The van der Waals surface area contributed by atoms with E-state index in [1.807, 2.05) is 18.3 Å². The summed E-state index contributed by atoms with van der Waals surface area (Å²) in [5.74, 6) is 1.59. The summed E-state index contributed by atoms with van der Waals surface area (Å²) in [4.78, 5) is 7.08. The maximum Gasteiger partial charge on any atom is 0.116 e. The Bertz CT molecular complexity index is 806. The molecule has 3 aliphatic rings. The monoisotopic (exact) mass is 366 g/mol. The third-order valence-corrected chi connectivity index (χ3v) is 6.36. The van der Waals surface area contributed by atoms with Gasteiger partial charge in [-0.1, -0.05) is 19.4 Å². The summed E-state index contributed by atoms with van der Waals surface area (Å²) >= 11 is 0. The van der Waals surface area contributed by atoms with Crippen molar-refractivity contribution in [2.24, 2.45) is 11.8 Å². The van der Waals surface area contributed by atoms with E-state index < -0.39 is 0 Å². The van der Waals surface area contributed by atoms with Crippen LogP contribution in [0.4, 0.5) is 0 Å². The summed E-state index contributed by atoms with van der Waals surface area (Å²) in [6.07, 6.45) is 8.62. The van der Waals surface area contributed by atoms with Gasteiger partial charge in [0.25, 0.3) is 0 Å². The number of unbranched alkanes of at least 4 members (excludes halogenated alkanes) is 1. The molecule has 4 heterocycles. The molecule has 0 spiro atoms. The van der Waals surface area contributed by atoms with Crippen LogP contribution in [0.3, 0.4) is 0 Å². The molecule has 4 nitrogen and oxygen atoms in total. The molecular weight excluding hydrogens is 336 g/mol. The molecule has 1 aromatic heterocycles. The molecule has 2 bridgehead atoms. The van der Waals surface area contributed by atoms with Gasteiger partial charge in [0.1, 0.15) is 5.75 Å². The van der Waals surface area contributed by atoms with Crippen LogP contribution in [0.1, 0.15) is 44.3 Å². The van der Waals surface area contributed by atoms with Crippen LogP contribution in [-0.2, 0) is 4.74 Å². The number of ether oxygens (including phenoxy) is 1. The average Bonchev–Trinajstić information content (AvgIpc) is 2.71. The lowest BCUT2D eigenvalue weighted by Crippen LogP contribution is -2.55. The van der Waals surface area contributed by atoms with Gasteiger partial charge in [-0.05, 0) is 67.5 Å². The number of phenolic OH excluding ortho intramolecular Hbond substituents is 1. The fraction of sp³-hybridized carbons (Fsp3) is 0.522. The van der Waals surface area contributed by atoms with Gasteiger partial charge in [0.05, 0.1) is 11.6 Å². The van der Waals surface area contributed by atoms with E-state index in [1.54, 1.807) is 6.07 Å². The lowest BCUT2D eigenvalue weighted by atomic mass is 9.73. The van der Waals surface area contributed by atoms with Crippen LogP contribution in [0.15, 0.2) is 43.1 Å². The number of nitrogens with zero attached hydrogens (tertiary/aromatic N) is 2. The first kappa shape index (κ1) is 18.5. The summed E-state index contributed by atoms with van der Waals surface area (Å²) in [6.45, 7) is 9.23. The zero-order chi connectivity index (χ0) is 18.8. The van der Waals surface area contributed by atoms with Crippen molar-refractivity contribution in [2.45, 2.75) is 44.8 Å². The average molecular weight is 367 g/mol. The van der Waals surface area contributed by atoms with E-state index in [9.17, 15) is 5.11 Å². The predicted molar refractivity (Wildman–Crippen MR) is 109 cm³/mol. The van der Waals surface area contributed by atoms with Gasteiger partial charge in [0, 0.05) is 30.8 Å². The SMILES string of the molecule is C=CC1CN2CCC1CC2C(OCCCC)c1ccnc2ccc(O)cc12. The minimum atomic E-state index is 0.0115. The quantitative estimate of drug-likeness (QED) is 0.570. The molecule has 27 heavy (non-hydrogen) atoms. The van der Waals surface area contributed by atoms with Gasteiger partial charge in [0.2, 0.25) is 0 Å². The molecule has 3 fully saturated rings. The molecule has 1 aromatic carbocycles. The Labute approximate surface area is 161 Å². The molecule has 3 aliphatic heterocycles. The third kappa shape index (κ3) is 3.61. The second-order valence-electron chi connectivity index (χ2n) is 7.99. The summed E-state index contributed by atoms with van der Waals surface area (Å²) < 4.78 is 6.50. The fourth-order valence-corrected chi connectivity index (χ4v) is 4.86. The van der Waals surface area contributed by atoms with Crippen molar-refractivity contribution in [3.63, 3.8) is 0 Å². The summed E-state index contributed by atoms with van der Waals surface area (Å²) in [6, 6.07) is 7.87. The maximum atomic E-state index is 10.0. The number of aromatic nitrogens is 1. The number of aromatic hydroxyl groups is 1. The Morgan fingerprint density at radius 2 is 2.30 bits per heavy atom. The van der Waals surface area contributed by atoms with E-state index in [0.29, 0.717) is 17.9 Å². The molecule has 0 saturated carbocycles. The molecule has 5 unspecified atom stereocenters. The molecule has 5 rings (SSSR count). The zero-order valence-corrected chi connectivity index (χ0v) is 16.2. The third-order valence-electron chi connectivity index (χ3n) is 6.36. The number of benzene rings is 1. The largest absolute Gasteiger partial charge is 0.508 e. The van der Waals surface area contributed by atoms with Crippen molar-refractivity contribution >= 4 is 10.9 Å². The van der Waals surface area contributed by atoms with Gasteiger partial charge in [0.15, 0.2) is 0 Å². The van der Waals surface area contributed by atoms with Gasteiger partial charge < -0.3 is 9.84 Å². The van der Waals surface area contributed by atoms with E-state index >= 15 is 0 Å². The molecule has 1 N–H and O–H groups in total. The maximum absolute atomic E-state index is 10.0. The van der Waals surface area contributed by atoms with Gasteiger partial charge in [-0.3, -0.25) is 9.88 Å². The smallest absolute Gasteiger partial charge is 0.116 e. The Balaban J connectivity index is 1.70. The number of hydrogen-bond donors (Lipinski definition) is 1. The van der Waals surface area contributed by atoms with Crippen LogP contribution < -0.4 is 0 Å². The standard InChI is InChI=1S/C23H30N2O2/c1-3-5-12-27-23(22-13-17-9-11-25(22)15-16(17)4-2)19-8-10-24-21-7-6-18(26)14-20(19)21/h4,6-8,10,14,16-17,22-23,26H,2-3,5,9,11-13,15H2,1H3. The number of pyridine rings is 1. The second-order valence-corrected chi connectivity index (χ2v) is 7.99. The first-order valence-electron chi connectivity index (χ1n) is 10.3. The number of phenols is 1. The summed E-state index contributed by atoms with van der Waals surface area (Å²) in [7, 11) is 0. The molecule has 0 radical (unpaired) electrons. The van der Waals surface area contributed by atoms with Crippen molar-refractivity contribution in [3.05, 3.63) is 48.7 Å². The highest BCUT2D eigenvalue weighted by Gasteiger charge is 2.43. The van der Waals surface area contributed by atoms with Crippen molar-refractivity contribution in [3.8, 4) is 5.75 Å². The van der Waals surface area contributed by atoms with Crippen molar-refractivity contribution < 1.29 is 9.84 Å². The fourth-order valence-electron chi connectivity index (χ4n) is 4.86. The van der Waals surface area contributed by atoms with Crippen LogP contribution in [-0.4, -0.2) is 40.7 Å². The van der Waals surface area contributed by atoms with Crippen LogP contribution in [0.2, 0.25) is 0 Å². The Hall–Kier alpha value is -1.91. The lowest BCUT2D eigenvalue weighted by molar-refractivity contribution is -0.0752. The van der Waals surface area contributed by atoms with Crippen LogP contribution in [0, 0.1) is 11.8 Å². The Morgan fingerprint density at radius 3 is 3.04 bits per heavy atom. The summed E-state index contributed by atoms with van der Waals surface area (Å²) in [5.41, 5.74) is 2.06. The van der Waals surface area contributed by atoms with Gasteiger partial charge >= 0.3 is 0 Å². The molecular formula is C23H30N2O2. The van der Waals surface area contributed by atoms with E-state index in [-0.39, 0.29) is 11.9 Å². The normalized spacial score (nSPS) is 28.3. The van der Waals surface area contributed by atoms with Crippen LogP contribution in [0.5, 0.6) is 5.75 Å². The number of rotatable bonds is 7. The minimum Gasteiger partial charge on any atom is -0.508 e. The number of hydrogen-bond acceptors (Lipinski definition) is 4. The van der Waals surface area contributed by atoms with Gasteiger partial charge in [-0.25, -0.2) is 0 Å². The first-order chi connectivity index (χ1) is 13.2. The second kappa shape index (κ2) is 7.99. The molecule has 0 amide bonds. The highest BCUT2D eigenvalue weighted by molar-refractivity contribution is 5.83. The van der Waals surface area contributed by atoms with Crippen molar-refractivity contribution in [1.29, 1.82) is 0 Å². The Morgan fingerprint density at radius 1 is 1.41 bits per heavy atom. The molecule has 144 valence electrons. The highest BCUT2D eigenvalue weighted by Crippen LogP contribution is 2.43. The Kier molecular flexibility index (Phi) is 5.46. The molecule has 3 saturated heterocycles. The number of fused-ring (bicyclic) bond motifs is 4. The first-order valence-corrected chi connectivity index (χ1v) is 10.3. The van der Waals surface area contributed by atoms with Gasteiger partial charge in [-0.2, -0.15) is 0 Å². The zero-order valence-electron chi connectivity index (χ0n) is 16.2. The van der Waals surface area contributed by atoms with Crippen LogP contribution >= 0.6 is 0 Å². The predicted octanol–water partition coefficient (Wildman–Crippen LogP) is 4.69. The minimum absolute atomic E-state index is 0.0115. The van der Waals surface area contributed by atoms with Gasteiger partial charge in [-0.15, -0.1) is 6.58 Å². The van der Waals surface area contributed by atoms with Crippen molar-refractivity contribution in [2.75, 3.05) is 19.7 Å². The van der Waals surface area contributed by atoms with E-state index in [2.05, 4.69) is 35.5 Å². The molecule has 4 heteroatoms. The van der Waals surface area contributed by atoms with Crippen molar-refractivity contribution in [1.82, 2.24) is 9.88 Å². The van der Waals surface area contributed by atoms with E-state index in [4.69, 9.17) is 4.74 Å². The molecule has 5 atom stereocenters. The highest BCUT2D eigenvalue weighted by atomic mass is 16.5.